The fourth-order valence-electron chi connectivity index (χ4n) is 3.42. The molecule has 0 fully saturated rings. The molecule has 0 atom stereocenters. The van der Waals surface area contributed by atoms with E-state index < -0.39 is 10.7 Å². The Balaban J connectivity index is 2.12. The lowest BCUT2D eigenvalue weighted by atomic mass is 9.84. The van der Waals surface area contributed by atoms with Crippen LogP contribution in [0.1, 0.15) is 30.5 Å². The first kappa shape index (κ1) is 22.6. The third kappa shape index (κ3) is 5.36. The van der Waals surface area contributed by atoms with E-state index in [4.69, 9.17) is 9.57 Å². The molecular formula is C26H27NO3S. The van der Waals surface area contributed by atoms with Crippen LogP contribution in [0.2, 0.25) is 0 Å². The Morgan fingerprint density at radius 1 is 0.774 bits per heavy atom. The van der Waals surface area contributed by atoms with Gasteiger partial charge in [-0.15, -0.1) is 11.8 Å². The van der Waals surface area contributed by atoms with Gasteiger partial charge in [-0.05, 0) is 30.5 Å². The minimum atomic E-state index is -0.538. The van der Waals surface area contributed by atoms with Crippen LogP contribution in [0.5, 0.6) is 0 Å². The van der Waals surface area contributed by atoms with Gasteiger partial charge in [-0.2, -0.15) is 0 Å². The van der Waals surface area contributed by atoms with Gasteiger partial charge in [-0.3, -0.25) is 0 Å². The second kappa shape index (κ2) is 11.4. The number of carbonyl (C=O) groups is 1. The molecule has 0 aliphatic carbocycles. The van der Waals surface area contributed by atoms with Gasteiger partial charge in [0.05, 0.1) is 11.4 Å². The number of carbonyl (C=O) groups excluding carboxylic acids is 1. The van der Waals surface area contributed by atoms with Gasteiger partial charge in [0.15, 0.2) is 5.71 Å². The first-order chi connectivity index (χ1) is 15.2. The smallest absolute Gasteiger partial charge is 0.356 e. The van der Waals surface area contributed by atoms with Crippen molar-refractivity contribution in [3.05, 3.63) is 108 Å². The zero-order valence-electron chi connectivity index (χ0n) is 17.9. The van der Waals surface area contributed by atoms with E-state index in [1.165, 1.54) is 0 Å². The second-order valence-electron chi connectivity index (χ2n) is 6.74. The zero-order valence-corrected chi connectivity index (χ0v) is 18.7. The van der Waals surface area contributed by atoms with Crippen LogP contribution in [-0.4, -0.2) is 30.6 Å². The Labute approximate surface area is 188 Å². The molecule has 3 aromatic rings. The largest absolute Gasteiger partial charge is 0.461 e. The van der Waals surface area contributed by atoms with Crippen LogP contribution < -0.4 is 0 Å². The van der Waals surface area contributed by atoms with Crippen LogP contribution >= 0.6 is 11.8 Å². The molecule has 0 saturated carbocycles. The summed E-state index contributed by atoms with van der Waals surface area (Å²) >= 11 is 1.63. The van der Waals surface area contributed by atoms with Crippen LogP contribution in [0.15, 0.2) is 96.2 Å². The number of esters is 1. The zero-order chi connectivity index (χ0) is 21.9. The molecule has 5 heteroatoms. The van der Waals surface area contributed by atoms with Gasteiger partial charge in [-0.25, -0.2) is 4.79 Å². The van der Waals surface area contributed by atoms with Crippen molar-refractivity contribution in [2.75, 3.05) is 19.0 Å². The van der Waals surface area contributed by atoms with E-state index >= 15 is 0 Å². The highest BCUT2D eigenvalue weighted by Crippen LogP contribution is 2.48. The average Bonchev–Trinajstić information content (AvgIpc) is 2.83. The van der Waals surface area contributed by atoms with Crippen molar-refractivity contribution >= 4 is 23.4 Å². The first-order valence-electron chi connectivity index (χ1n) is 10.4. The van der Waals surface area contributed by atoms with Gasteiger partial charge in [0.1, 0.15) is 6.61 Å². The van der Waals surface area contributed by atoms with Crippen molar-refractivity contribution in [1.82, 2.24) is 0 Å². The van der Waals surface area contributed by atoms with E-state index in [1.807, 2.05) is 61.5 Å². The molecule has 0 unspecified atom stereocenters. The summed E-state index contributed by atoms with van der Waals surface area (Å²) in [6.07, 6.45) is 0. The quantitative estimate of drug-likeness (QED) is 0.179. The monoisotopic (exact) mass is 433 g/mol. The van der Waals surface area contributed by atoms with E-state index in [1.54, 1.807) is 18.7 Å². The van der Waals surface area contributed by atoms with E-state index in [-0.39, 0.29) is 12.3 Å². The number of rotatable bonds is 10. The van der Waals surface area contributed by atoms with Gasteiger partial charge >= 0.3 is 5.97 Å². The summed E-state index contributed by atoms with van der Waals surface area (Å²) in [4.78, 5) is 17.7. The molecule has 0 aliphatic heterocycles. The summed E-state index contributed by atoms with van der Waals surface area (Å²) in [6, 6.07) is 31.0. The molecule has 0 saturated heterocycles. The molecule has 0 spiro atoms. The molecule has 31 heavy (non-hydrogen) atoms. The normalized spacial score (nSPS) is 11.7. The predicted molar refractivity (Wildman–Crippen MR) is 127 cm³/mol. The highest BCUT2D eigenvalue weighted by atomic mass is 32.2. The highest BCUT2D eigenvalue weighted by Gasteiger charge is 2.38. The molecular weight excluding hydrogens is 406 g/mol. The van der Waals surface area contributed by atoms with Gasteiger partial charge in [0, 0.05) is 5.75 Å². The molecule has 0 bridgehead atoms. The number of ether oxygens (including phenoxy) is 1. The molecule has 0 aliphatic rings. The minimum absolute atomic E-state index is 0.265. The average molecular weight is 434 g/mol. The van der Waals surface area contributed by atoms with Crippen molar-refractivity contribution in [2.45, 2.75) is 18.6 Å². The molecule has 0 radical (unpaired) electrons. The number of hydrogen-bond acceptors (Lipinski definition) is 5. The Kier molecular flexibility index (Phi) is 8.30. The standard InChI is InChI=1S/C26H27NO3S/c1-3-29-25(28)24(27-30-4-2)20-31-26(21-14-8-5-9-15-21,22-16-10-6-11-17-22)23-18-12-7-13-19-23/h5-19H,3-4,20H2,1-2H3. The molecule has 0 heterocycles. The van der Waals surface area contributed by atoms with Crippen LogP contribution in [-0.2, 0) is 19.1 Å². The van der Waals surface area contributed by atoms with Crippen molar-refractivity contribution < 1.29 is 14.4 Å². The van der Waals surface area contributed by atoms with Crippen molar-refractivity contribution in [1.29, 1.82) is 0 Å². The van der Waals surface area contributed by atoms with Gasteiger partial charge in [-0.1, -0.05) is 96.2 Å². The van der Waals surface area contributed by atoms with E-state index in [0.29, 0.717) is 12.4 Å². The van der Waals surface area contributed by atoms with Crippen molar-refractivity contribution in [3.8, 4) is 0 Å². The molecule has 160 valence electrons. The highest BCUT2D eigenvalue weighted by molar-refractivity contribution is 8.01. The Bertz CT molecular complexity index is 879. The Morgan fingerprint density at radius 3 is 1.61 bits per heavy atom. The number of benzene rings is 3. The maximum atomic E-state index is 12.5. The fraction of sp³-hybridized carbons (Fsp3) is 0.231. The third-order valence-electron chi connectivity index (χ3n) is 4.78. The number of oxime groups is 1. The summed E-state index contributed by atoms with van der Waals surface area (Å²) in [5, 5.41) is 4.07. The van der Waals surface area contributed by atoms with Gasteiger partial charge in [0.25, 0.3) is 0 Å². The van der Waals surface area contributed by atoms with E-state index in [0.717, 1.165) is 16.7 Å². The van der Waals surface area contributed by atoms with Crippen molar-refractivity contribution in [2.24, 2.45) is 5.16 Å². The number of nitrogens with zero attached hydrogens (tertiary/aromatic N) is 1. The van der Waals surface area contributed by atoms with Gasteiger partial charge < -0.3 is 9.57 Å². The molecule has 3 rings (SSSR count). The molecule has 0 aromatic heterocycles. The Morgan fingerprint density at radius 2 is 1.23 bits per heavy atom. The lowest BCUT2D eigenvalue weighted by molar-refractivity contribution is -0.135. The number of hydrogen-bond donors (Lipinski definition) is 0. The molecule has 4 nitrogen and oxygen atoms in total. The van der Waals surface area contributed by atoms with Gasteiger partial charge in [0.2, 0.25) is 0 Å². The summed E-state index contributed by atoms with van der Waals surface area (Å²) in [5.74, 6) is -0.121. The first-order valence-corrected chi connectivity index (χ1v) is 11.4. The Hall–Kier alpha value is -3.05. The summed E-state index contributed by atoms with van der Waals surface area (Å²) in [7, 11) is 0. The van der Waals surface area contributed by atoms with E-state index in [9.17, 15) is 4.79 Å². The summed E-state index contributed by atoms with van der Waals surface area (Å²) < 4.78 is 4.68. The third-order valence-corrected chi connectivity index (χ3v) is 6.34. The number of thioether (sulfide) groups is 1. The summed E-state index contributed by atoms with van der Waals surface area (Å²) in [6.45, 7) is 4.29. The van der Waals surface area contributed by atoms with Crippen LogP contribution in [0.4, 0.5) is 0 Å². The lowest BCUT2D eigenvalue weighted by Crippen LogP contribution is -2.29. The fourth-order valence-corrected chi connectivity index (χ4v) is 4.86. The second-order valence-corrected chi connectivity index (χ2v) is 7.93. The SMILES string of the molecule is CCON=C(CSC(c1ccccc1)(c1ccccc1)c1ccccc1)C(=O)OCC. The van der Waals surface area contributed by atoms with Crippen LogP contribution in [0.25, 0.3) is 0 Å². The maximum absolute atomic E-state index is 12.5. The molecule has 3 aromatic carbocycles. The van der Waals surface area contributed by atoms with Crippen LogP contribution in [0, 0.1) is 0 Å². The van der Waals surface area contributed by atoms with E-state index in [2.05, 4.69) is 41.6 Å². The molecule has 0 amide bonds. The minimum Gasteiger partial charge on any atom is -0.461 e. The maximum Gasteiger partial charge on any atom is 0.356 e. The summed E-state index contributed by atoms with van der Waals surface area (Å²) in [5.41, 5.74) is 3.63. The van der Waals surface area contributed by atoms with Crippen LogP contribution in [0.3, 0.4) is 0 Å². The lowest BCUT2D eigenvalue weighted by Gasteiger charge is -2.35. The topological polar surface area (TPSA) is 47.9 Å². The van der Waals surface area contributed by atoms with Crippen molar-refractivity contribution in [3.63, 3.8) is 0 Å². The molecule has 0 N–H and O–H groups in total. The predicted octanol–water partition coefficient (Wildman–Crippen LogP) is 5.67.